The Morgan fingerprint density at radius 3 is 2.94 bits per heavy atom. The third kappa shape index (κ3) is 2.58. The van der Waals surface area contributed by atoms with Gasteiger partial charge in [0.1, 0.15) is 5.75 Å². The summed E-state index contributed by atoms with van der Waals surface area (Å²) in [6.45, 7) is 4.38. The Labute approximate surface area is 106 Å². The van der Waals surface area contributed by atoms with Crippen molar-refractivity contribution in [3.05, 3.63) is 27.7 Å². The summed E-state index contributed by atoms with van der Waals surface area (Å²) in [4.78, 5) is 0. The summed E-state index contributed by atoms with van der Waals surface area (Å²) in [5.74, 6) is 1.80. The summed E-state index contributed by atoms with van der Waals surface area (Å²) >= 11 is 3.55. The SMILES string of the molecule is COc1c(C)cc(Br)cc1CC1CCNC1. The topological polar surface area (TPSA) is 21.3 Å². The standard InChI is InChI=1S/C13H18BrNO/c1-9-5-12(14)7-11(13(9)16-2)6-10-3-4-15-8-10/h5,7,10,15H,3-4,6,8H2,1-2H3. The predicted molar refractivity (Wildman–Crippen MR) is 70.1 cm³/mol. The van der Waals surface area contributed by atoms with E-state index in [1.165, 1.54) is 17.5 Å². The molecule has 1 atom stereocenters. The van der Waals surface area contributed by atoms with E-state index in [0.717, 1.165) is 35.7 Å². The molecule has 0 bridgehead atoms. The van der Waals surface area contributed by atoms with Crippen LogP contribution in [-0.2, 0) is 6.42 Å². The molecule has 1 heterocycles. The van der Waals surface area contributed by atoms with Crippen LogP contribution in [0.2, 0.25) is 0 Å². The van der Waals surface area contributed by atoms with Crippen molar-refractivity contribution in [1.82, 2.24) is 5.32 Å². The summed E-state index contributed by atoms with van der Waals surface area (Å²) in [5.41, 5.74) is 2.53. The smallest absolute Gasteiger partial charge is 0.125 e. The fourth-order valence-corrected chi connectivity index (χ4v) is 3.06. The highest BCUT2D eigenvalue weighted by Gasteiger charge is 2.18. The first kappa shape index (κ1) is 11.9. The molecule has 88 valence electrons. The Bertz CT molecular complexity index is 372. The van der Waals surface area contributed by atoms with Crippen LogP contribution in [0.4, 0.5) is 0 Å². The quantitative estimate of drug-likeness (QED) is 0.921. The molecule has 1 N–H and O–H groups in total. The monoisotopic (exact) mass is 283 g/mol. The number of aryl methyl sites for hydroxylation is 1. The summed E-state index contributed by atoms with van der Waals surface area (Å²) < 4.78 is 6.65. The van der Waals surface area contributed by atoms with Gasteiger partial charge in [0.2, 0.25) is 0 Å². The van der Waals surface area contributed by atoms with Gasteiger partial charge in [-0.15, -0.1) is 0 Å². The molecule has 0 spiro atoms. The number of ether oxygens (including phenoxy) is 1. The van der Waals surface area contributed by atoms with Crippen molar-refractivity contribution in [2.75, 3.05) is 20.2 Å². The Balaban J connectivity index is 2.23. The van der Waals surface area contributed by atoms with Crippen LogP contribution in [-0.4, -0.2) is 20.2 Å². The summed E-state index contributed by atoms with van der Waals surface area (Å²) in [6.07, 6.45) is 2.38. The normalized spacial score (nSPS) is 20.1. The van der Waals surface area contributed by atoms with E-state index in [0.29, 0.717) is 0 Å². The van der Waals surface area contributed by atoms with Crippen molar-refractivity contribution in [1.29, 1.82) is 0 Å². The molecule has 1 aromatic rings. The van der Waals surface area contributed by atoms with Gasteiger partial charge in [-0.3, -0.25) is 0 Å². The summed E-state index contributed by atoms with van der Waals surface area (Å²) in [7, 11) is 1.76. The highest BCUT2D eigenvalue weighted by molar-refractivity contribution is 9.10. The molecular weight excluding hydrogens is 266 g/mol. The first-order valence-corrected chi connectivity index (χ1v) is 6.53. The second kappa shape index (κ2) is 5.19. The molecule has 0 saturated carbocycles. The molecule has 0 aromatic heterocycles. The molecule has 2 rings (SSSR count). The van der Waals surface area contributed by atoms with E-state index in [1.807, 2.05) is 0 Å². The Morgan fingerprint density at radius 1 is 1.50 bits per heavy atom. The Morgan fingerprint density at radius 2 is 2.31 bits per heavy atom. The van der Waals surface area contributed by atoms with Crippen LogP contribution in [0, 0.1) is 12.8 Å². The minimum absolute atomic E-state index is 0.752. The third-order valence-electron chi connectivity index (χ3n) is 3.19. The van der Waals surface area contributed by atoms with E-state index >= 15 is 0 Å². The van der Waals surface area contributed by atoms with E-state index in [9.17, 15) is 0 Å². The van der Waals surface area contributed by atoms with E-state index in [4.69, 9.17) is 4.74 Å². The van der Waals surface area contributed by atoms with Gasteiger partial charge < -0.3 is 10.1 Å². The molecule has 3 heteroatoms. The van der Waals surface area contributed by atoms with Crippen LogP contribution in [0.3, 0.4) is 0 Å². The number of nitrogens with one attached hydrogen (secondary N) is 1. The lowest BCUT2D eigenvalue weighted by atomic mass is 9.96. The molecule has 1 unspecified atom stereocenters. The van der Waals surface area contributed by atoms with Gasteiger partial charge in [0, 0.05) is 4.47 Å². The fourth-order valence-electron chi connectivity index (χ4n) is 2.44. The molecule has 1 aromatic carbocycles. The lowest BCUT2D eigenvalue weighted by Crippen LogP contribution is -2.11. The molecular formula is C13H18BrNO. The maximum absolute atomic E-state index is 5.50. The number of benzene rings is 1. The third-order valence-corrected chi connectivity index (χ3v) is 3.65. The number of methoxy groups -OCH3 is 1. The molecule has 2 nitrogen and oxygen atoms in total. The molecule has 1 fully saturated rings. The average molecular weight is 284 g/mol. The summed E-state index contributed by atoms with van der Waals surface area (Å²) in [6, 6.07) is 4.29. The maximum atomic E-state index is 5.50. The van der Waals surface area contributed by atoms with Crippen LogP contribution in [0.25, 0.3) is 0 Å². The zero-order valence-corrected chi connectivity index (χ0v) is 11.4. The van der Waals surface area contributed by atoms with E-state index < -0.39 is 0 Å². The van der Waals surface area contributed by atoms with Gasteiger partial charge in [-0.1, -0.05) is 15.9 Å². The van der Waals surface area contributed by atoms with E-state index in [-0.39, 0.29) is 0 Å². The van der Waals surface area contributed by atoms with Crippen molar-refractivity contribution in [2.24, 2.45) is 5.92 Å². The van der Waals surface area contributed by atoms with Crippen molar-refractivity contribution in [2.45, 2.75) is 19.8 Å². The van der Waals surface area contributed by atoms with Crippen LogP contribution < -0.4 is 10.1 Å². The lowest BCUT2D eigenvalue weighted by Gasteiger charge is -2.15. The first-order chi connectivity index (χ1) is 7.70. The molecule has 1 aliphatic heterocycles. The van der Waals surface area contributed by atoms with Gasteiger partial charge in [0.05, 0.1) is 7.11 Å². The number of hydrogen-bond donors (Lipinski definition) is 1. The van der Waals surface area contributed by atoms with Crippen LogP contribution in [0.15, 0.2) is 16.6 Å². The van der Waals surface area contributed by atoms with Gasteiger partial charge in [-0.05, 0) is 62.0 Å². The van der Waals surface area contributed by atoms with Gasteiger partial charge in [0.15, 0.2) is 0 Å². The van der Waals surface area contributed by atoms with E-state index in [1.54, 1.807) is 7.11 Å². The van der Waals surface area contributed by atoms with Crippen molar-refractivity contribution >= 4 is 15.9 Å². The molecule has 16 heavy (non-hydrogen) atoms. The molecule has 1 aliphatic rings. The first-order valence-electron chi connectivity index (χ1n) is 5.74. The second-order valence-corrected chi connectivity index (χ2v) is 5.39. The Hall–Kier alpha value is -0.540. The lowest BCUT2D eigenvalue weighted by molar-refractivity contribution is 0.402. The number of hydrogen-bond acceptors (Lipinski definition) is 2. The average Bonchev–Trinajstić information content (AvgIpc) is 2.70. The van der Waals surface area contributed by atoms with Crippen LogP contribution >= 0.6 is 15.9 Å². The van der Waals surface area contributed by atoms with Gasteiger partial charge >= 0.3 is 0 Å². The zero-order valence-electron chi connectivity index (χ0n) is 9.85. The number of rotatable bonds is 3. The van der Waals surface area contributed by atoms with Crippen molar-refractivity contribution < 1.29 is 4.74 Å². The summed E-state index contributed by atoms with van der Waals surface area (Å²) in [5, 5.41) is 3.41. The molecule has 0 radical (unpaired) electrons. The van der Waals surface area contributed by atoms with Crippen molar-refractivity contribution in [3.63, 3.8) is 0 Å². The van der Waals surface area contributed by atoms with E-state index in [2.05, 4.69) is 40.3 Å². The number of halogens is 1. The van der Waals surface area contributed by atoms with Gasteiger partial charge in [0.25, 0.3) is 0 Å². The minimum Gasteiger partial charge on any atom is -0.496 e. The minimum atomic E-state index is 0.752. The molecule has 0 aliphatic carbocycles. The highest BCUT2D eigenvalue weighted by Crippen LogP contribution is 2.30. The maximum Gasteiger partial charge on any atom is 0.125 e. The second-order valence-electron chi connectivity index (χ2n) is 4.48. The predicted octanol–water partition coefficient (Wildman–Crippen LogP) is 2.92. The van der Waals surface area contributed by atoms with Gasteiger partial charge in [-0.25, -0.2) is 0 Å². The highest BCUT2D eigenvalue weighted by atomic mass is 79.9. The van der Waals surface area contributed by atoms with Crippen LogP contribution in [0.5, 0.6) is 5.75 Å². The fraction of sp³-hybridized carbons (Fsp3) is 0.538. The van der Waals surface area contributed by atoms with Crippen molar-refractivity contribution in [3.8, 4) is 5.75 Å². The Kier molecular flexibility index (Phi) is 3.87. The zero-order chi connectivity index (χ0) is 11.5. The van der Waals surface area contributed by atoms with Gasteiger partial charge in [-0.2, -0.15) is 0 Å². The molecule has 1 saturated heterocycles. The largest absolute Gasteiger partial charge is 0.496 e. The van der Waals surface area contributed by atoms with Crippen LogP contribution in [0.1, 0.15) is 17.5 Å². The molecule has 0 amide bonds.